The van der Waals surface area contributed by atoms with Crippen LogP contribution in [0.1, 0.15) is 48.8 Å². The summed E-state index contributed by atoms with van der Waals surface area (Å²) in [7, 11) is 1.79. The van der Waals surface area contributed by atoms with Gasteiger partial charge in [-0.15, -0.1) is 0 Å². The van der Waals surface area contributed by atoms with E-state index in [1.807, 2.05) is 26.0 Å². The predicted molar refractivity (Wildman–Crippen MR) is 102 cm³/mol. The molecule has 1 saturated carbocycles. The number of aryl methyl sites for hydroxylation is 3. The number of hydrogen-bond donors (Lipinski definition) is 1. The molecule has 140 valence electrons. The fourth-order valence-corrected chi connectivity index (χ4v) is 4.17. The van der Waals surface area contributed by atoms with Gasteiger partial charge in [0.1, 0.15) is 5.75 Å². The summed E-state index contributed by atoms with van der Waals surface area (Å²) < 4.78 is 7.25. The summed E-state index contributed by atoms with van der Waals surface area (Å²) in [6.07, 6.45) is 6.92. The minimum absolute atomic E-state index is 0.0513. The molecule has 0 unspecified atom stereocenters. The van der Waals surface area contributed by atoms with Crippen LogP contribution in [-0.2, 0) is 18.3 Å². The normalized spacial score (nSPS) is 15.3. The molecule has 0 aliphatic heterocycles. The van der Waals surface area contributed by atoms with E-state index < -0.39 is 12.6 Å². The molecule has 1 N–H and O–H groups in total. The van der Waals surface area contributed by atoms with E-state index in [0.717, 1.165) is 34.0 Å². The third-order valence-corrected chi connectivity index (χ3v) is 5.55. The lowest BCUT2D eigenvalue weighted by molar-refractivity contribution is -0.139. The molecule has 1 aromatic heterocycles. The van der Waals surface area contributed by atoms with Crippen LogP contribution < -0.4 is 10.3 Å². The quantitative estimate of drug-likeness (QED) is 0.885. The first-order chi connectivity index (χ1) is 12.4. The second-order valence-corrected chi connectivity index (χ2v) is 7.52. The standard InChI is InChI=1S/C21H27NO4/c1-13-9-17-20(18(10-13)26-12-19(23)24)14(2)16(21(25)22(17)3)11-15-7-5-4-6-8-15/h9-10,15H,4-8,11-12H2,1-3H3,(H,23,24). The number of carboxylic acid groups (broad SMARTS) is 1. The van der Waals surface area contributed by atoms with Gasteiger partial charge in [-0.2, -0.15) is 0 Å². The molecule has 1 aliphatic carbocycles. The van der Waals surface area contributed by atoms with E-state index in [0.29, 0.717) is 11.7 Å². The van der Waals surface area contributed by atoms with Crippen LogP contribution in [0.5, 0.6) is 5.75 Å². The second kappa shape index (κ2) is 7.52. The number of aliphatic carboxylic acids is 1. The molecule has 0 saturated heterocycles. The number of nitrogens with zero attached hydrogens (tertiary/aromatic N) is 1. The van der Waals surface area contributed by atoms with Crippen LogP contribution in [0.3, 0.4) is 0 Å². The molecular formula is C21H27NO4. The first kappa shape index (κ1) is 18.5. The summed E-state index contributed by atoms with van der Waals surface area (Å²) in [6, 6.07) is 3.81. The third kappa shape index (κ3) is 3.62. The minimum atomic E-state index is -1.01. The molecule has 0 atom stereocenters. The fraction of sp³-hybridized carbons (Fsp3) is 0.524. The smallest absolute Gasteiger partial charge is 0.341 e. The van der Waals surface area contributed by atoms with Gasteiger partial charge in [-0.05, 0) is 49.4 Å². The van der Waals surface area contributed by atoms with Crippen molar-refractivity contribution in [2.24, 2.45) is 13.0 Å². The van der Waals surface area contributed by atoms with Gasteiger partial charge in [0.2, 0.25) is 0 Å². The number of hydrogen-bond acceptors (Lipinski definition) is 3. The highest BCUT2D eigenvalue weighted by Crippen LogP contribution is 2.33. The molecule has 1 aromatic carbocycles. The van der Waals surface area contributed by atoms with Crippen LogP contribution in [0, 0.1) is 19.8 Å². The summed E-state index contributed by atoms with van der Waals surface area (Å²) in [5.74, 6) is 0.0892. The Bertz CT molecular complexity index is 891. The van der Waals surface area contributed by atoms with Gasteiger partial charge in [0.25, 0.3) is 5.56 Å². The third-order valence-electron chi connectivity index (χ3n) is 5.55. The van der Waals surface area contributed by atoms with Crippen LogP contribution in [0.25, 0.3) is 10.9 Å². The van der Waals surface area contributed by atoms with Crippen LogP contribution >= 0.6 is 0 Å². The number of carbonyl (C=O) groups is 1. The summed E-state index contributed by atoms with van der Waals surface area (Å²) in [5, 5.41) is 9.83. The maximum absolute atomic E-state index is 13.0. The van der Waals surface area contributed by atoms with Crippen LogP contribution in [0.4, 0.5) is 0 Å². The maximum atomic E-state index is 13.0. The van der Waals surface area contributed by atoms with E-state index in [2.05, 4.69) is 0 Å². The first-order valence-corrected chi connectivity index (χ1v) is 9.36. The molecule has 2 aromatic rings. The lowest BCUT2D eigenvalue weighted by Crippen LogP contribution is -2.26. The summed E-state index contributed by atoms with van der Waals surface area (Å²) >= 11 is 0. The van der Waals surface area contributed by atoms with E-state index in [-0.39, 0.29) is 5.56 Å². The fourth-order valence-electron chi connectivity index (χ4n) is 4.17. The number of pyridine rings is 1. The Hall–Kier alpha value is -2.30. The molecule has 1 aliphatic rings. The Morgan fingerprint density at radius 3 is 2.58 bits per heavy atom. The SMILES string of the molecule is Cc1cc(OCC(=O)O)c2c(C)c(CC3CCCCC3)c(=O)n(C)c2c1. The number of benzene rings is 1. The number of aromatic nitrogens is 1. The van der Waals surface area contributed by atoms with Gasteiger partial charge in [-0.1, -0.05) is 32.1 Å². The highest BCUT2D eigenvalue weighted by molar-refractivity contribution is 5.90. The molecular weight excluding hydrogens is 330 g/mol. The van der Waals surface area contributed by atoms with E-state index in [1.54, 1.807) is 11.6 Å². The highest BCUT2D eigenvalue weighted by Gasteiger charge is 2.21. The molecule has 0 radical (unpaired) electrons. The Labute approximate surface area is 153 Å². The van der Waals surface area contributed by atoms with Crippen LogP contribution in [0.15, 0.2) is 16.9 Å². The Morgan fingerprint density at radius 2 is 1.92 bits per heavy atom. The maximum Gasteiger partial charge on any atom is 0.341 e. The van der Waals surface area contributed by atoms with Gasteiger partial charge < -0.3 is 14.4 Å². The zero-order valence-electron chi connectivity index (χ0n) is 15.8. The summed E-state index contributed by atoms with van der Waals surface area (Å²) in [4.78, 5) is 23.9. The van der Waals surface area contributed by atoms with Crippen molar-refractivity contribution >= 4 is 16.9 Å². The average molecular weight is 357 g/mol. The van der Waals surface area contributed by atoms with Crippen LogP contribution in [-0.4, -0.2) is 22.2 Å². The zero-order valence-corrected chi connectivity index (χ0v) is 15.8. The van der Waals surface area contributed by atoms with E-state index in [4.69, 9.17) is 9.84 Å². The van der Waals surface area contributed by atoms with Crippen molar-refractivity contribution in [1.82, 2.24) is 4.57 Å². The van der Waals surface area contributed by atoms with Crippen molar-refractivity contribution in [3.8, 4) is 5.75 Å². The number of rotatable bonds is 5. The number of carboxylic acids is 1. The van der Waals surface area contributed by atoms with Gasteiger partial charge in [0.15, 0.2) is 6.61 Å². The van der Waals surface area contributed by atoms with Crippen molar-refractivity contribution < 1.29 is 14.6 Å². The zero-order chi connectivity index (χ0) is 18.8. The summed E-state index contributed by atoms with van der Waals surface area (Å²) in [6.45, 7) is 3.49. The van der Waals surface area contributed by atoms with Gasteiger partial charge in [0, 0.05) is 18.0 Å². The molecule has 3 rings (SSSR count). The first-order valence-electron chi connectivity index (χ1n) is 9.36. The topological polar surface area (TPSA) is 68.5 Å². The van der Waals surface area contributed by atoms with Gasteiger partial charge >= 0.3 is 5.97 Å². The molecule has 1 heterocycles. The van der Waals surface area contributed by atoms with Crippen molar-refractivity contribution in [3.63, 3.8) is 0 Å². The predicted octanol–water partition coefficient (Wildman–Crippen LogP) is 3.74. The Balaban J connectivity index is 2.13. The van der Waals surface area contributed by atoms with Crippen molar-refractivity contribution in [3.05, 3.63) is 39.2 Å². The molecule has 0 spiro atoms. The van der Waals surface area contributed by atoms with E-state index in [9.17, 15) is 9.59 Å². The summed E-state index contributed by atoms with van der Waals surface area (Å²) in [5.41, 5.74) is 3.55. The molecule has 26 heavy (non-hydrogen) atoms. The van der Waals surface area contributed by atoms with Gasteiger partial charge in [-0.3, -0.25) is 4.79 Å². The second-order valence-electron chi connectivity index (χ2n) is 7.52. The van der Waals surface area contributed by atoms with Crippen molar-refractivity contribution in [2.45, 2.75) is 52.4 Å². The monoisotopic (exact) mass is 357 g/mol. The minimum Gasteiger partial charge on any atom is -0.481 e. The molecule has 0 bridgehead atoms. The van der Waals surface area contributed by atoms with Crippen molar-refractivity contribution in [1.29, 1.82) is 0 Å². The largest absolute Gasteiger partial charge is 0.481 e. The molecule has 5 heteroatoms. The van der Waals surface area contributed by atoms with Crippen LogP contribution in [0.2, 0.25) is 0 Å². The number of fused-ring (bicyclic) bond motifs is 1. The molecule has 5 nitrogen and oxygen atoms in total. The van der Waals surface area contributed by atoms with E-state index >= 15 is 0 Å². The van der Waals surface area contributed by atoms with E-state index in [1.165, 1.54) is 32.1 Å². The average Bonchev–Trinajstić information content (AvgIpc) is 2.62. The van der Waals surface area contributed by atoms with Gasteiger partial charge in [-0.25, -0.2) is 4.79 Å². The lowest BCUT2D eigenvalue weighted by Gasteiger charge is -2.23. The number of ether oxygens (including phenoxy) is 1. The Kier molecular flexibility index (Phi) is 5.35. The Morgan fingerprint density at radius 1 is 1.23 bits per heavy atom. The molecule has 1 fully saturated rings. The lowest BCUT2D eigenvalue weighted by atomic mass is 9.83. The van der Waals surface area contributed by atoms with Gasteiger partial charge in [0.05, 0.1) is 5.52 Å². The molecule has 0 amide bonds. The highest BCUT2D eigenvalue weighted by atomic mass is 16.5. The van der Waals surface area contributed by atoms with Crippen molar-refractivity contribution in [2.75, 3.05) is 6.61 Å².